The first kappa shape index (κ1) is 28.5. The summed E-state index contributed by atoms with van der Waals surface area (Å²) in [6.45, 7) is 1.88. The van der Waals surface area contributed by atoms with Crippen LogP contribution in [-0.4, -0.2) is 49.5 Å². The summed E-state index contributed by atoms with van der Waals surface area (Å²) in [5.74, 6) is 1.16. The number of carbonyl (C=O) groups excluding carboxylic acids is 2. The van der Waals surface area contributed by atoms with Crippen molar-refractivity contribution >= 4 is 23.2 Å². The Labute approximate surface area is 232 Å². The number of hydrogen-bond acceptors (Lipinski definition) is 8. The molecule has 11 heteroatoms. The van der Waals surface area contributed by atoms with Crippen LogP contribution in [0.3, 0.4) is 0 Å². The fourth-order valence-electron chi connectivity index (χ4n) is 5.04. The van der Waals surface area contributed by atoms with Gasteiger partial charge in [-0.05, 0) is 54.2 Å². The Bertz CT molecular complexity index is 1470. The van der Waals surface area contributed by atoms with E-state index in [1.54, 1.807) is 57.6 Å². The molecule has 3 aromatic rings. The third-order valence-corrected chi connectivity index (χ3v) is 6.80. The number of aryl methyl sites for hydroxylation is 2. The van der Waals surface area contributed by atoms with Crippen LogP contribution < -0.4 is 35.6 Å². The van der Waals surface area contributed by atoms with E-state index in [1.807, 2.05) is 12.1 Å². The fraction of sp³-hybridized carbons (Fsp3) is 0.379. The lowest BCUT2D eigenvalue weighted by Gasteiger charge is -2.19. The van der Waals surface area contributed by atoms with Gasteiger partial charge in [-0.1, -0.05) is 6.07 Å². The lowest BCUT2D eigenvalue weighted by molar-refractivity contribution is -0.119. The zero-order valence-electron chi connectivity index (χ0n) is 23.4. The van der Waals surface area contributed by atoms with Crippen LogP contribution in [0, 0.1) is 0 Å². The quantitative estimate of drug-likeness (QED) is 0.328. The Hall–Kier alpha value is -4.54. The molecule has 1 aliphatic carbocycles. The van der Waals surface area contributed by atoms with Crippen molar-refractivity contribution in [2.24, 2.45) is 7.05 Å². The molecule has 0 radical (unpaired) electrons. The summed E-state index contributed by atoms with van der Waals surface area (Å²) in [6.07, 6.45) is 5.31. The van der Waals surface area contributed by atoms with Crippen LogP contribution in [0.4, 0.5) is 11.4 Å². The molecular weight excluding hydrogens is 514 g/mol. The highest BCUT2D eigenvalue weighted by atomic mass is 16.5. The summed E-state index contributed by atoms with van der Waals surface area (Å²) in [7, 11) is 6.45. The van der Waals surface area contributed by atoms with Gasteiger partial charge in [0.1, 0.15) is 0 Å². The molecule has 1 aromatic heterocycles. The molecule has 4 rings (SSSR count). The predicted molar refractivity (Wildman–Crippen MR) is 152 cm³/mol. The molecule has 0 unspecified atom stereocenters. The summed E-state index contributed by atoms with van der Waals surface area (Å²) in [4.78, 5) is 37.7. The lowest BCUT2D eigenvalue weighted by atomic mass is 9.95. The fourth-order valence-corrected chi connectivity index (χ4v) is 5.04. The molecule has 212 valence electrons. The van der Waals surface area contributed by atoms with Crippen molar-refractivity contribution in [1.82, 2.24) is 15.1 Å². The minimum absolute atomic E-state index is 0.131. The molecule has 0 fully saturated rings. The second-order valence-corrected chi connectivity index (χ2v) is 9.58. The van der Waals surface area contributed by atoms with Crippen LogP contribution in [0.2, 0.25) is 0 Å². The van der Waals surface area contributed by atoms with Gasteiger partial charge in [-0.15, -0.1) is 0 Å². The zero-order chi connectivity index (χ0) is 28.8. The molecule has 2 aromatic carbocycles. The normalized spacial score (nSPS) is 13.8. The number of ether oxygens (including phenoxy) is 3. The third-order valence-electron chi connectivity index (χ3n) is 6.80. The first-order chi connectivity index (χ1) is 19.2. The van der Waals surface area contributed by atoms with Gasteiger partial charge in [0.15, 0.2) is 11.5 Å². The van der Waals surface area contributed by atoms with Crippen LogP contribution in [-0.2, 0) is 23.1 Å². The van der Waals surface area contributed by atoms with Crippen molar-refractivity contribution in [2.75, 3.05) is 38.5 Å². The van der Waals surface area contributed by atoms with Gasteiger partial charge in [0.2, 0.25) is 23.0 Å². The molecular formula is C29H35N5O6. The minimum Gasteiger partial charge on any atom is -0.493 e. The topological polar surface area (TPSA) is 133 Å². The number of rotatable bonds is 10. The van der Waals surface area contributed by atoms with Gasteiger partial charge < -0.3 is 30.2 Å². The smallest absolute Gasteiger partial charge is 0.224 e. The Morgan fingerprint density at radius 1 is 1.10 bits per heavy atom. The van der Waals surface area contributed by atoms with Gasteiger partial charge in [-0.25, -0.2) is 0 Å². The summed E-state index contributed by atoms with van der Waals surface area (Å²) in [6, 6.07) is 6.69. The largest absolute Gasteiger partial charge is 0.493 e. The monoisotopic (exact) mass is 549 g/mol. The molecule has 40 heavy (non-hydrogen) atoms. The lowest BCUT2D eigenvalue weighted by Crippen LogP contribution is -2.26. The minimum atomic E-state index is -0.384. The number of nitrogens with zero attached hydrogens (tertiary/aromatic N) is 2. The average molecular weight is 550 g/mol. The molecule has 0 bridgehead atoms. The van der Waals surface area contributed by atoms with Crippen LogP contribution in [0.25, 0.3) is 11.1 Å². The standard InChI is InChI=1S/C29H35N5O6/c1-17(35)32-22-10-8-18-13-25(38-3)28(39-4)29(40-5)27(18)20-9-11-23(24(36)14-21(20)22)30-12-6-7-26(37)33-19-15-31-34(2)16-19/h9,11,13-16,22H,6-8,10,12H2,1-5H3,(H,30,36)(H,32,35)(H,33,37)/t22-/m1/s1. The number of benzene rings is 1. The van der Waals surface area contributed by atoms with Crippen molar-refractivity contribution in [3.05, 3.63) is 58.0 Å². The van der Waals surface area contributed by atoms with Crippen molar-refractivity contribution in [2.45, 2.75) is 38.6 Å². The number of nitrogens with one attached hydrogen (secondary N) is 3. The molecule has 1 atom stereocenters. The predicted octanol–water partition coefficient (Wildman–Crippen LogP) is 3.43. The SMILES string of the molecule is COc1cc2c(c(OC)c1OC)-c1ccc(NCCCC(=O)Nc3cnn(C)c3)c(=O)cc1[C@H](NC(C)=O)CC2. The van der Waals surface area contributed by atoms with E-state index >= 15 is 0 Å². The molecule has 0 spiro atoms. The summed E-state index contributed by atoms with van der Waals surface area (Å²) < 4.78 is 18.6. The second-order valence-electron chi connectivity index (χ2n) is 9.58. The van der Waals surface area contributed by atoms with Crippen LogP contribution in [0.15, 0.2) is 41.5 Å². The number of aromatic nitrogens is 2. The molecule has 11 nitrogen and oxygen atoms in total. The second kappa shape index (κ2) is 12.5. The first-order valence-corrected chi connectivity index (χ1v) is 13.1. The van der Waals surface area contributed by atoms with E-state index in [2.05, 4.69) is 21.0 Å². The molecule has 3 N–H and O–H groups in total. The number of amides is 2. The van der Waals surface area contributed by atoms with E-state index < -0.39 is 0 Å². The van der Waals surface area contributed by atoms with Crippen molar-refractivity contribution in [3.63, 3.8) is 0 Å². The third kappa shape index (κ3) is 6.19. The van der Waals surface area contributed by atoms with E-state index in [9.17, 15) is 14.4 Å². The van der Waals surface area contributed by atoms with Crippen LogP contribution in [0.1, 0.15) is 43.4 Å². The van der Waals surface area contributed by atoms with E-state index in [4.69, 9.17) is 14.2 Å². The van der Waals surface area contributed by atoms with E-state index in [-0.39, 0.29) is 29.7 Å². The van der Waals surface area contributed by atoms with Crippen LogP contribution in [0.5, 0.6) is 17.2 Å². The zero-order valence-corrected chi connectivity index (χ0v) is 23.4. The highest BCUT2D eigenvalue weighted by Crippen LogP contribution is 2.50. The Kier molecular flexibility index (Phi) is 8.93. The number of fused-ring (bicyclic) bond motifs is 3. The maximum atomic E-state index is 13.4. The molecule has 2 amide bonds. The van der Waals surface area contributed by atoms with Crippen molar-refractivity contribution in [1.29, 1.82) is 0 Å². The van der Waals surface area contributed by atoms with Gasteiger partial charge in [0, 0.05) is 38.7 Å². The number of anilines is 2. The van der Waals surface area contributed by atoms with E-state index in [1.165, 1.54) is 6.92 Å². The molecule has 1 heterocycles. The Balaban J connectivity index is 1.65. The average Bonchev–Trinajstić information content (AvgIpc) is 3.19. The van der Waals surface area contributed by atoms with Crippen molar-refractivity contribution in [3.8, 4) is 28.4 Å². The van der Waals surface area contributed by atoms with E-state index in [0.717, 1.165) is 16.7 Å². The summed E-state index contributed by atoms with van der Waals surface area (Å²) in [5.41, 5.74) is 3.99. The molecule has 1 aliphatic rings. The molecule has 0 saturated carbocycles. The first-order valence-electron chi connectivity index (χ1n) is 13.1. The van der Waals surface area contributed by atoms with Gasteiger partial charge in [0.05, 0.1) is 44.9 Å². The van der Waals surface area contributed by atoms with Crippen LogP contribution >= 0.6 is 0 Å². The Morgan fingerprint density at radius 2 is 1.88 bits per heavy atom. The highest BCUT2D eigenvalue weighted by Gasteiger charge is 2.29. The molecule has 0 aliphatic heterocycles. The van der Waals surface area contributed by atoms with E-state index in [0.29, 0.717) is 60.0 Å². The van der Waals surface area contributed by atoms with Gasteiger partial charge in [-0.3, -0.25) is 19.1 Å². The maximum absolute atomic E-state index is 13.4. The van der Waals surface area contributed by atoms with Crippen molar-refractivity contribution < 1.29 is 23.8 Å². The highest BCUT2D eigenvalue weighted by molar-refractivity contribution is 5.90. The van der Waals surface area contributed by atoms with Gasteiger partial charge in [-0.2, -0.15) is 5.10 Å². The summed E-state index contributed by atoms with van der Waals surface area (Å²) in [5, 5.41) is 13.0. The molecule has 0 saturated heterocycles. The number of carbonyl (C=O) groups is 2. The number of methoxy groups -OCH3 is 3. The number of hydrogen-bond donors (Lipinski definition) is 3. The van der Waals surface area contributed by atoms with Gasteiger partial charge >= 0.3 is 0 Å². The maximum Gasteiger partial charge on any atom is 0.224 e. The Morgan fingerprint density at radius 3 is 2.52 bits per heavy atom. The van der Waals surface area contributed by atoms with Gasteiger partial charge in [0.25, 0.3) is 0 Å². The summed E-state index contributed by atoms with van der Waals surface area (Å²) >= 11 is 0.